The first-order valence-corrected chi connectivity index (χ1v) is 6.71. The van der Waals surface area contributed by atoms with Gasteiger partial charge in [-0.3, -0.25) is 0 Å². The first kappa shape index (κ1) is 12.1. The molecule has 1 heterocycles. The van der Waals surface area contributed by atoms with Gasteiger partial charge in [0.1, 0.15) is 0 Å². The van der Waals surface area contributed by atoms with Gasteiger partial charge in [0.05, 0.1) is 0 Å². The summed E-state index contributed by atoms with van der Waals surface area (Å²) in [5.41, 5.74) is 2.24. The maximum Gasteiger partial charge on any atom is 0.0488 e. The third kappa shape index (κ3) is 2.64. The molecule has 1 aromatic rings. The highest BCUT2D eigenvalue weighted by Gasteiger charge is 2.16. The second-order valence-corrected chi connectivity index (χ2v) is 5.25. The number of piperidine rings is 1. The van der Waals surface area contributed by atoms with E-state index < -0.39 is 0 Å². The van der Waals surface area contributed by atoms with Gasteiger partial charge in [0.2, 0.25) is 0 Å². The van der Waals surface area contributed by atoms with Crippen molar-refractivity contribution in [3.63, 3.8) is 0 Å². The predicted molar refractivity (Wildman–Crippen MR) is 71.6 cm³/mol. The summed E-state index contributed by atoms with van der Waals surface area (Å²) in [6.45, 7) is 4.59. The molecule has 88 valence electrons. The number of halogens is 2. The van der Waals surface area contributed by atoms with E-state index in [4.69, 9.17) is 23.2 Å². The highest BCUT2D eigenvalue weighted by Crippen LogP contribution is 2.28. The molecule has 0 spiro atoms. The van der Waals surface area contributed by atoms with Crippen LogP contribution in [0.5, 0.6) is 0 Å². The van der Waals surface area contributed by atoms with E-state index >= 15 is 0 Å². The van der Waals surface area contributed by atoms with Gasteiger partial charge in [-0.15, -0.1) is 11.6 Å². The zero-order valence-electron chi connectivity index (χ0n) is 9.55. The highest BCUT2D eigenvalue weighted by atomic mass is 35.5. The van der Waals surface area contributed by atoms with Crippen LogP contribution < -0.4 is 4.90 Å². The summed E-state index contributed by atoms with van der Waals surface area (Å²) in [5, 5.41) is 0.783. The number of nitrogens with zero attached hydrogens (tertiary/aromatic N) is 1. The van der Waals surface area contributed by atoms with Crippen molar-refractivity contribution >= 4 is 28.9 Å². The Morgan fingerprint density at radius 1 is 1.31 bits per heavy atom. The molecule has 16 heavy (non-hydrogen) atoms. The van der Waals surface area contributed by atoms with E-state index in [9.17, 15) is 0 Å². The lowest BCUT2D eigenvalue weighted by Gasteiger charge is -2.32. The van der Waals surface area contributed by atoms with E-state index in [2.05, 4.69) is 17.9 Å². The summed E-state index contributed by atoms with van der Waals surface area (Å²) in [5.74, 6) is 1.34. The first-order chi connectivity index (χ1) is 7.70. The van der Waals surface area contributed by atoms with E-state index in [-0.39, 0.29) is 0 Å². The van der Waals surface area contributed by atoms with Gasteiger partial charge >= 0.3 is 0 Å². The molecule has 0 N–H and O–H groups in total. The molecule has 0 radical (unpaired) electrons. The van der Waals surface area contributed by atoms with E-state index in [1.54, 1.807) is 0 Å². The Hall–Kier alpha value is -0.400. The molecule has 1 aliphatic heterocycles. The molecule has 3 heteroatoms. The molecule has 1 nitrogen and oxygen atoms in total. The van der Waals surface area contributed by atoms with Crippen LogP contribution in [-0.2, 0) is 5.88 Å². The van der Waals surface area contributed by atoms with Gasteiger partial charge in [-0.25, -0.2) is 0 Å². The molecule has 0 bridgehead atoms. The lowest BCUT2D eigenvalue weighted by atomic mass is 9.99. The minimum absolute atomic E-state index is 0.482. The van der Waals surface area contributed by atoms with Crippen LogP contribution in [0.25, 0.3) is 0 Å². The number of alkyl halides is 1. The van der Waals surface area contributed by atoms with Crippen molar-refractivity contribution in [2.24, 2.45) is 5.92 Å². The Balaban J connectivity index is 2.12. The molecule has 0 aromatic heterocycles. The molecule has 1 aromatic carbocycles. The van der Waals surface area contributed by atoms with Gasteiger partial charge in [-0.1, -0.05) is 24.6 Å². The van der Waals surface area contributed by atoms with Crippen molar-refractivity contribution in [2.75, 3.05) is 18.0 Å². The zero-order valence-corrected chi connectivity index (χ0v) is 11.1. The highest BCUT2D eigenvalue weighted by molar-refractivity contribution is 6.32. The normalized spacial score (nSPS) is 17.8. The quantitative estimate of drug-likeness (QED) is 0.714. The summed E-state index contributed by atoms with van der Waals surface area (Å²) in [6.07, 6.45) is 2.55. The Labute approximate surface area is 107 Å². The molecule has 0 saturated carbocycles. The van der Waals surface area contributed by atoms with Crippen LogP contribution in [0.3, 0.4) is 0 Å². The Morgan fingerprint density at radius 2 is 2.00 bits per heavy atom. The number of hydrogen-bond donors (Lipinski definition) is 0. The number of anilines is 1. The predicted octanol–water partition coefficient (Wildman–Crippen LogP) is 4.32. The van der Waals surface area contributed by atoms with Crippen LogP contribution in [0.15, 0.2) is 18.2 Å². The molecule has 1 aliphatic rings. The van der Waals surface area contributed by atoms with Gasteiger partial charge in [-0.05, 0) is 36.5 Å². The Bertz CT molecular complexity index is 357. The lowest BCUT2D eigenvalue weighted by molar-refractivity contribution is 0.438. The minimum atomic E-state index is 0.482. The van der Waals surface area contributed by atoms with Crippen molar-refractivity contribution in [3.8, 4) is 0 Å². The number of hydrogen-bond acceptors (Lipinski definition) is 1. The van der Waals surface area contributed by atoms with Crippen molar-refractivity contribution < 1.29 is 0 Å². The summed E-state index contributed by atoms with van der Waals surface area (Å²) in [4.78, 5) is 2.41. The second-order valence-electron chi connectivity index (χ2n) is 4.58. The molecular formula is C13H17Cl2N. The van der Waals surface area contributed by atoms with Gasteiger partial charge in [0.25, 0.3) is 0 Å². The Morgan fingerprint density at radius 3 is 2.56 bits per heavy atom. The van der Waals surface area contributed by atoms with Crippen LogP contribution in [0, 0.1) is 5.92 Å². The molecule has 0 atom stereocenters. The Kier molecular flexibility index (Phi) is 3.99. The standard InChI is InChI=1S/C13H17Cl2N/c1-10-4-6-16(7-5-10)12-3-2-11(9-14)13(15)8-12/h2-3,8,10H,4-7,9H2,1H3. The smallest absolute Gasteiger partial charge is 0.0488 e. The van der Waals surface area contributed by atoms with Gasteiger partial charge in [0, 0.05) is 29.7 Å². The van der Waals surface area contributed by atoms with Gasteiger partial charge in [0.15, 0.2) is 0 Å². The molecular weight excluding hydrogens is 241 g/mol. The van der Waals surface area contributed by atoms with Gasteiger partial charge < -0.3 is 4.90 Å². The number of benzene rings is 1. The SMILES string of the molecule is CC1CCN(c2ccc(CCl)c(Cl)c2)CC1. The summed E-state index contributed by atoms with van der Waals surface area (Å²) >= 11 is 12.0. The maximum absolute atomic E-state index is 6.17. The molecule has 2 rings (SSSR count). The fraction of sp³-hybridized carbons (Fsp3) is 0.538. The minimum Gasteiger partial charge on any atom is -0.371 e. The largest absolute Gasteiger partial charge is 0.371 e. The molecule has 1 fully saturated rings. The zero-order chi connectivity index (χ0) is 11.5. The summed E-state index contributed by atoms with van der Waals surface area (Å²) in [6, 6.07) is 6.19. The third-order valence-electron chi connectivity index (χ3n) is 3.33. The van der Waals surface area contributed by atoms with Crippen LogP contribution in [-0.4, -0.2) is 13.1 Å². The van der Waals surface area contributed by atoms with E-state index in [0.717, 1.165) is 29.6 Å². The van der Waals surface area contributed by atoms with Crippen molar-refractivity contribution in [2.45, 2.75) is 25.6 Å². The van der Waals surface area contributed by atoms with Crippen LogP contribution >= 0.6 is 23.2 Å². The maximum atomic E-state index is 6.17. The first-order valence-electron chi connectivity index (χ1n) is 5.80. The summed E-state index contributed by atoms with van der Waals surface area (Å²) < 4.78 is 0. The average Bonchev–Trinajstić information content (AvgIpc) is 2.30. The molecule has 0 amide bonds. The second kappa shape index (κ2) is 5.29. The van der Waals surface area contributed by atoms with E-state index in [0.29, 0.717) is 5.88 Å². The lowest BCUT2D eigenvalue weighted by Crippen LogP contribution is -2.32. The van der Waals surface area contributed by atoms with Crippen LogP contribution in [0.1, 0.15) is 25.3 Å². The molecule has 0 unspecified atom stereocenters. The van der Waals surface area contributed by atoms with E-state index in [1.165, 1.54) is 18.5 Å². The molecule has 1 saturated heterocycles. The van der Waals surface area contributed by atoms with Crippen molar-refractivity contribution in [1.82, 2.24) is 0 Å². The fourth-order valence-corrected chi connectivity index (χ4v) is 2.65. The van der Waals surface area contributed by atoms with Crippen LogP contribution in [0.2, 0.25) is 5.02 Å². The van der Waals surface area contributed by atoms with E-state index in [1.807, 2.05) is 12.1 Å². The monoisotopic (exact) mass is 257 g/mol. The molecule has 0 aliphatic carbocycles. The van der Waals surface area contributed by atoms with Crippen LogP contribution in [0.4, 0.5) is 5.69 Å². The van der Waals surface area contributed by atoms with Gasteiger partial charge in [-0.2, -0.15) is 0 Å². The fourth-order valence-electron chi connectivity index (χ4n) is 2.11. The number of rotatable bonds is 2. The topological polar surface area (TPSA) is 3.24 Å². The average molecular weight is 258 g/mol. The van der Waals surface area contributed by atoms with Crippen molar-refractivity contribution in [1.29, 1.82) is 0 Å². The summed E-state index contributed by atoms with van der Waals surface area (Å²) in [7, 11) is 0. The third-order valence-corrected chi connectivity index (χ3v) is 3.97. The van der Waals surface area contributed by atoms with Crippen molar-refractivity contribution in [3.05, 3.63) is 28.8 Å².